The van der Waals surface area contributed by atoms with Crippen LogP contribution in [0.4, 0.5) is 0 Å². The van der Waals surface area contributed by atoms with Crippen LogP contribution in [0.3, 0.4) is 0 Å². The summed E-state index contributed by atoms with van der Waals surface area (Å²) in [4.78, 5) is 17.5. The van der Waals surface area contributed by atoms with E-state index in [1.165, 1.54) is 0 Å². The molecule has 2 aromatic carbocycles. The number of hydrogen-bond acceptors (Lipinski definition) is 5. The number of pyridine rings is 2. The fourth-order valence-electron chi connectivity index (χ4n) is 4.47. The number of aromatic nitrogens is 2. The molecule has 1 aliphatic rings. The van der Waals surface area contributed by atoms with E-state index < -0.39 is 0 Å². The van der Waals surface area contributed by atoms with Crippen molar-refractivity contribution in [3.05, 3.63) is 100 Å². The largest absolute Gasteiger partial charge is 0.488 e. The average Bonchev–Trinajstić information content (AvgIpc) is 2.90. The van der Waals surface area contributed by atoms with Crippen molar-refractivity contribution in [2.24, 2.45) is 5.92 Å². The van der Waals surface area contributed by atoms with Crippen LogP contribution in [0.5, 0.6) is 11.5 Å². The summed E-state index contributed by atoms with van der Waals surface area (Å²) in [5.41, 5.74) is 3.63. The second-order valence-electron chi connectivity index (χ2n) is 9.00. The van der Waals surface area contributed by atoms with Crippen LogP contribution >= 0.6 is 0 Å². The van der Waals surface area contributed by atoms with Crippen molar-refractivity contribution in [3.8, 4) is 11.5 Å². The molecule has 0 amide bonds. The normalized spacial score (nSPS) is 14.2. The highest BCUT2D eigenvalue weighted by molar-refractivity contribution is 5.86. The van der Waals surface area contributed by atoms with Gasteiger partial charge in [0, 0.05) is 43.0 Å². The number of hydrogen-bond donors (Lipinski definition) is 0. The molecular formula is C29H30N2O4. The lowest BCUT2D eigenvalue weighted by atomic mass is 10.0. The third kappa shape index (κ3) is 5.54. The summed E-state index contributed by atoms with van der Waals surface area (Å²) >= 11 is 0. The quantitative estimate of drug-likeness (QED) is 0.350. The predicted molar refractivity (Wildman–Crippen MR) is 136 cm³/mol. The number of para-hydroxylation sites is 1. The van der Waals surface area contributed by atoms with Crippen molar-refractivity contribution in [3.63, 3.8) is 0 Å². The van der Waals surface area contributed by atoms with E-state index in [1.807, 2.05) is 73.8 Å². The summed E-state index contributed by atoms with van der Waals surface area (Å²) in [7, 11) is 0. The first kappa shape index (κ1) is 23.1. The number of ether oxygens (including phenoxy) is 3. The summed E-state index contributed by atoms with van der Waals surface area (Å²) in [6, 6.07) is 21.5. The number of benzene rings is 2. The minimum atomic E-state index is -0.0518. The monoisotopic (exact) mass is 470 g/mol. The highest BCUT2D eigenvalue weighted by Crippen LogP contribution is 2.31. The number of nitrogens with zero attached hydrogens (tertiary/aromatic N) is 2. The maximum Gasteiger partial charge on any atom is 0.254 e. The lowest BCUT2D eigenvalue weighted by molar-refractivity contribution is 0.0609. The summed E-state index contributed by atoms with van der Waals surface area (Å²) in [5.74, 6) is 1.83. The van der Waals surface area contributed by atoms with Crippen molar-refractivity contribution < 1.29 is 14.2 Å². The van der Waals surface area contributed by atoms with E-state index in [0.717, 1.165) is 66.1 Å². The lowest BCUT2D eigenvalue weighted by Gasteiger charge is -2.22. The van der Waals surface area contributed by atoms with Crippen molar-refractivity contribution in [1.82, 2.24) is 9.55 Å². The minimum Gasteiger partial charge on any atom is -0.488 e. The van der Waals surface area contributed by atoms with Crippen LogP contribution in [0.2, 0.25) is 0 Å². The van der Waals surface area contributed by atoms with E-state index in [-0.39, 0.29) is 12.2 Å². The Kier molecular flexibility index (Phi) is 7.09. The van der Waals surface area contributed by atoms with Gasteiger partial charge in [-0.2, -0.15) is 0 Å². The molecule has 0 atom stereocenters. The third-order valence-electron chi connectivity index (χ3n) is 6.54. The molecule has 180 valence electrons. The van der Waals surface area contributed by atoms with Crippen molar-refractivity contribution in [2.45, 2.75) is 39.5 Å². The number of rotatable bonds is 8. The molecule has 0 spiro atoms. The van der Waals surface area contributed by atoms with Crippen molar-refractivity contribution >= 4 is 10.9 Å². The predicted octanol–water partition coefficient (Wildman–Crippen LogP) is 5.29. The molecule has 0 bridgehead atoms. The molecule has 35 heavy (non-hydrogen) atoms. The molecule has 4 aromatic rings. The van der Waals surface area contributed by atoms with Gasteiger partial charge in [0.05, 0.1) is 11.2 Å². The standard InChI is InChI=1S/C29H30N2O4/c1-21-27(20-34-24-11-14-31(28(32)17-24)18-22-12-15-33-16-13-22)30-26-10-6-5-9-25(26)29(21)35-19-23-7-3-2-4-8-23/h2-11,14,17,22H,12-13,15-16,18-20H2,1H3. The molecule has 2 aromatic heterocycles. The minimum absolute atomic E-state index is 0.0518. The summed E-state index contributed by atoms with van der Waals surface area (Å²) in [6.07, 6.45) is 3.81. The van der Waals surface area contributed by atoms with Crippen LogP contribution in [-0.4, -0.2) is 22.8 Å². The van der Waals surface area contributed by atoms with Crippen LogP contribution in [0.1, 0.15) is 29.7 Å². The summed E-state index contributed by atoms with van der Waals surface area (Å²) in [6.45, 7) is 4.99. The van der Waals surface area contributed by atoms with Gasteiger partial charge in [0.15, 0.2) is 0 Å². The summed E-state index contributed by atoms with van der Waals surface area (Å²) < 4.78 is 19.5. The molecular weight excluding hydrogens is 440 g/mol. The Bertz CT molecular complexity index is 1340. The van der Waals surface area contributed by atoms with Gasteiger partial charge in [-0.1, -0.05) is 42.5 Å². The number of fused-ring (bicyclic) bond motifs is 1. The molecule has 6 heteroatoms. The molecule has 6 nitrogen and oxygen atoms in total. The Morgan fingerprint density at radius 1 is 0.971 bits per heavy atom. The Hall–Kier alpha value is -3.64. The molecule has 3 heterocycles. The van der Waals surface area contributed by atoms with E-state index in [4.69, 9.17) is 19.2 Å². The maximum atomic E-state index is 12.7. The van der Waals surface area contributed by atoms with E-state index in [9.17, 15) is 4.79 Å². The smallest absolute Gasteiger partial charge is 0.254 e. The van der Waals surface area contributed by atoms with Crippen molar-refractivity contribution in [2.75, 3.05) is 13.2 Å². The molecule has 0 radical (unpaired) electrons. The first-order valence-electron chi connectivity index (χ1n) is 12.1. The van der Waals surface area contributed by atoms with E-state index >= 15 is 0 Å². The van der Waals surface area contributed by atoms with Gasteiger partial charge in [0.1, 0.15) is 24.7 Å². The summed E-state index contributed by atoms with van der Waals surface area (Å²) in [5, 5.41) is 0.973. The second-order valence-corrected chi connectivity index (χ2v) is 9.00. The van der Waals surface area contributed by atoms with Crippen LogP contribution < -0.4 is 15.0 Å². The zero-order valence-electron chi connectivity index (χ0n) is 20.0. The first-order chi connectivity index (χ1) is 17.2. The fraction of sp³-hybridized carbons (Fsp3) is 0.310. The van der Waals surface area contributed by atoms with Crippen LogP contribution in [0.15, 0.2) is 77.7 Å². The molecule has 5 rings (SSSR count). The maximum absolute atomic E-state index is 12.7. The fourth-order valence-corrected chi connectivity index (χ4v) is 4.47. The van der Waals surface area contributed by atoms with Gasteiger partial charge in [0.25, 0.3) is 5.56 Å². The van der Waals surface area contributed by atoms with E-state index in [0.29, 0.717) is 18.3 Å². The molecule has 1 aliphatic heterocycles. The first-order valence-corrected chi connectivity index (χ1v) is 12.1. The Balaban J connectivity index is 1.33. The Labute approximate surface area is 205 Å². The lowest BCUT2D eigenvalue weighted by Crippen LogP contribution is -2.26. The zero-order valence-corrected chi connectivity index (χ0v) is 20.0. The van der Waals surface area contributed by atoms with Crippen LogP contribution in [0, 0.1) is 12.8 Å². The Morgan fingerprint density at radius 2 is 1.74 bits per heavy atom. The van der Waals surface area contributed by atoms with Gasteiger partial charge in [-0.05, 0) is 49.4 Å². The van der Waals surface area contributed by atoms with Gasteiger partial charge in [0.2, 0.25) is 0 Å². The van der Waals surface area contributed by atoms with Gasteiger partial charge in [-0.15, -0.1) is 0 Å². The molecule has 1 fully saturated rings. The highest BCUT2D eigenvalue weighted by Gasteiger charge is 2.16. The zero-order chi connectivity index (χ0) is 24.0. The van der Waals surface area contributed by atoms with E-state index in [2.05, 4.69) is 0 Å². The molecule has 0 N–H and O–H groups in total. The Morgan fingerprint density at radius 3 is 2.54 bits per heavy atom. The SMILES string of the molecule is Cc1c(COc2ccn(CC3CCOCC3)c(=O)c2)nc2ccccc2c1OCc1ccccc1. The topological polar surface area (TPSA) is 62.6 Å². The van der Waals surface area contributed by atoms with Gasteiger partial charge < -0.3 is 18.8 Å². The van der Waals surface area contributed by atoms with Crippen LogP contribution in [-0.2, 0) is 24.5 Å². The highest BCUT2D eigenvalue weighted by atomic mass is 16.5. The average molecular weight is 471 g/mol. The van der Waals surface area contributed by atoms with Gasteiger partial charge >= 0.3 is 0 Å². The van der Waals surface area contributed by atoms with Crippen molar-refractivity contribution in [1.29, 1.82) is 0 Å². The molecule has 0 unspecified atom stereocenters. The second kappa shape index (κ2) is 10.7. The molecule has 0 aliphatic carbocycles. The molecule has 0 saturated carbocycles. The van der Waals surface area contributed by atoms with E-state index in [1.54, 1.807) is 10.6 Å². The van der Waals surface area contributed by atoms with Crippen LogP contribution in [0.25, 0.3) is 10.9 Å². The molecule has 1 saturated heterocycles. The third-order valence-corrected chi connectivity index (χ3v) is 6.54. The van der Waals surface area contributed by atoms with Gasteiger partial charge in [-0.25, -0.2) is 4.98 Å². The van der Waals surface area contributed by atoms with Gasteiger partial charge in [-0.3, -0.25) is 4.79 Å².